The summed E-state index contributed by atoms with van der Waals surface area (Å²) in [6.07, 6.45) is 5.55. The number of thioether (sulfide) groups is 1. The van der Waals surface area contributed by atoms with Crippen molar-refractivity contribution < 1.29 is 4.42 Å². The maximum Gasteiger partial charge on any atom is 0.209 e. The first-order chi connectivity index (χ1) is 12.3. The lowest BCUT2D eigenvalue weighted by Gasteiger charge is -2.03. The number of aromatic amines is 1. The summed E-state index contributed by atoms with van der Waals surface area (Å²) >= 11 is 1.58. The SMILES string of the molecule is Cc1ccc(/C=C/c2nc(SCc3cccc4cccnc34)n[nH]2)o1. The summed E-state index contributed by atoms with van der Waals surface area (Å²) in [6.45, 7) is 1.92. The third-order valence-corrected chi connectivity index (χ3v) is 4.62. The van der Waals surface area contributed by atoms with Crippen LogP contribution in [0.1, 0.15) is 22.9 Å². The molecule has 4 rings (SSSR count). The highest BCUT2D eigenvalue weighted by Gasteiger charge is 2.06. The first kappa shape index (κ1) is 15.7. The molecule has 0 radical (unpaired) electrons. The predicted octanol–water partition coefficient (Wildman–Crippen LogP) is 4.72. The number of para-hydroxylation sites is 1. The quantitative estimate of drug-likeness (QED) is 0.529. The number of hydrogen-bond donors (Lipinski definition) is 1. The summed E-state index contributed by atoms with van der Waals surface area (Å²) in [5.41, 5.74) is 2.21. The maximum atomic E-state index is 5.50. The van der Waals surface area contributed by atoms with E-state index in [9.17, 15) is 0 Å². The number of aromatic nitrogens is 4. The number of nitrogens with one attached hydrogen (secondary N) is 1. The molecule has 3 aromatic heterocycles. The van der Waals surface area contributed by atoms with E-state index in [0.29, 0.717) is 11.0 Å². The van der Waals surface area contributed by atoms with Gasteiger partial charge in [-0.1, -0.05) is 36.0 Å². The summed E-state index contributed by atoms with van der Waals surface area (Å²) in [7, 11) is 0. The lowest BCUT2D eigenvalue weighted by atomic mass is 10.1. The Morgan fingerprint density at radius 1 is 1.12 bits per heavy atom. The van der Waals surface area contributed by atoms with Crippen molar-refractivity contribution in [3.8, 4) is 0 Å². The van der Waals surface area contributed by atoms with Crippen LogP contribution in [0.15, 0.2) is 58.2 Å². The zero-order valence-corrected chi connectivity index (χ0v) is 14.5. The smallest absolute Gasteiger partial charge is 0.209 e. The van der Waals surface area contributed by atoms with Gasteiger partial charge in [0.1, 0.15) is 17.3 Å². The number of rotatable bonds is 5. The van der Waals surface area contributed by atoms with E-state index < -0.39 is 0 Å². The monoisotopic (exact) mass is 348 g/mol. The number of nitrogens with zero attached hydrogens (tertiary/aromatic N) is 3. The van der Waals surface area contributed by atoms with Crippen LogP contribution < -0.4 is 0 Å². The van der Waals surface area contributed by atoms with Gasteiger partial charge in [-0.2, -0.15) is 0 Å². The van der Waals surface area contributed by atoms with E-state index in [-0.39, 0.29) is 0 Å². The lowest BCUT2D eigenvalue weighted by Crippen LogP contribution is -1.87. The highest BCUT2D eigenvalue weighted by Crippen LogP contribution is 2.24. The van der Waals surface area contributed by atoms with Gasteiger partial charge < -0.3 is 4.42 Å². The Morgan fingerprint density at radius 3 is 2.92 bits per heavy atom. The van der Waals surface area contributed by atoms with Crippen molar-refractivity contribution in [3.63, 3.8) is 0 Å². The summed E-state index contributed by atoms with van der Waals surface area (Å²) in [5.74, 6) is 3.15. The van der Waals surface area contributed by atoms with Gasteiger partial charge in [-0.15, -0.1) is 5.10 Å². The third-order valence-electron chi connectivity index (χ3n) is 3.72. The van der Waals surface area contributed by atoms with Crippen molar-refractivity contribution in [2.24, 2.45) is 0 Å². The van der Waals surface area contributed by atoms with Gasteiger partial charge in [0.2, 0.25) is 5.16 Å². The van der Waals surface area contributed by atoms with Crippen LogP contribution in [-0.4, -0.2) is 20.2 Å². The maximum absolute atomic E-state index is 5.50. The summed E-state index contributed by atoms with van der Waals surface area (Å²) in [6, 6.07) is 14.1. The molecule has 25 heavy (non-hydrogen) atoms. The van der Waals surface area contributed by atoms with Gasteiger partial charge in [0.05, 0.1) is 5.52 Å². The van der Waals surface area contributed by atoms with Crippen molar-refractivity contribution in [2.45, 2.75) is 17.8 Å². The van der Waals surface area contributed by atoms with Crippen LogP contribution in [0.5, 0.6) is 0 Å². The molecule has 1 N–H and O–H groups in total. The molecule has 0 bridgehead atoms. The summed E-state index contributed by atoms with van der Waals surface area (Å²) < 4.78 is 5.50. The summed E-state index contributed by atoms with van der Waals surface area (Å²) in [5, 5.41) is 9.04. The van der Waals surface area contributed by atoms with E-state index in [1.54, 1.807) is 11.8 Å². The largest absolute Gasteiger partial charge is 0.462 e. The van der Waals surface area contributed by atoms with Crippen molar-refractivity contribution >= 4 is 34.8 Å². The highest BCUT2D eigenvalue weighted by atomic mass is 32.2. The zero-order valence-electron chi connectivity index (χ0n) is 13.6. The van der Waals surface area contributed by atoms with Crippen LogP contribution in [0.3, 0.4) is 0 Å². The lowest BCUT2D eigenvalue weighted by molar-refractivity contribution is 0.525. The predicted molar refractivity (Wildman–Crippen MR) is 100 cm³/mol. The fourth-order valence-electron chi connectivity index (χ4n) is 2.53. The standard InChI is InChI=1S/C19H16N4OS/c1-13-7-8-16(24-13)9-10-17-21-19(23-22-17)25-12-15-5-2-4-14-6-3-11-20-18(14)15/h2-11H,12H2,1H3,(H,21,22,23)/b10-9+. The van der Waals surface area contributed by atoms with Crippen molar-refractivity contribution in [3.05, 3.63) is 71.6 Å². The minimum atomic E-state index is 0.701. The summed E-state index contributed by atoms with van der Waals surface area (Å²) in [4.78, 5) is 8.95. The molecule has 0 atom stereocenters. The molecule has 0 unspecified atom stereocenters. The molecule has 0 aliphatic carbocycles. The first-order valence-corrected chi connectivity index (χ1v) is 8.89. The average Bonchev–Trinajstić information content (AvgIpc) is 3.27. The molecule has 0 aliphatic rings. The molecule has 3 heterocycles. The van der Waals surface area contributed by atoms with Crippen LogP contribution in [0.25, 0.3) is 23.1 Å². The van der Waals surface area contributed by atoms with Crippen LogP contribution in [-0.2, 0) is 5.75 Å². The normalized spacial score (nSPS) is 11.6. The Labute approximate surface area is 149 Å². The Kier molecular flexibility index (Phi) is 4.35. The van der Waals surface area contributed by atoms with Crippen molar-refractivity contribution in [1.29, 1.82) is 0 Å². The van der Waals surface area contributed by atoms with Crippen LogP contribution in [0.4, 0.5) is 0 Å². The number of aryl methyl sites for hydroxylation is 1. The molecule has 4 aromatic rings. The van der Waals surface area contributed by atoms with E-state index in [0.717, 1.165) is 28.2 Å². The molecule has 0 saturated carbocycles. The molecule has 0 aliphatic heterocycles. The van der Waals surface area contributed by atoms with Gasteiger partial charge in [-0.25, -0.2) is 4.98 Å². The minimum Gasteiger partial charge on any atom is -0.462 e. The molecular weight excluding hydrogens is 332 g/mol. The van der Waals surface area contributed by atoms with E-state index >= 15 is 0 Å². The Bertz CT molecular complexity index is 1030. The second kappa shape index (κ2) is 6.94. The highest BCUT2D eigenvalue weighted by molar-refractivity contribution is 7.98. The Balaban J connectivity index is 1.45. The number of hydrogen-bond acceptors (Lipinski definition) is 5. The number of H-pyrrole nitrogens is 1. The van der Waals surface area contributed by atoms with E-state index in [4.69, 9.17) is 4.42 Å². The van der Waals surface area contributed by atoms with Gasteiger partial charge in [-0.3, -0.25) is 10.1 Å². The number of fused-ring (bicyclic) bond motifs is 1. The number of pyridine rings is 1. The van der Waals surface area contributed by atoms with Crippen LogP contribution in [0, 0.1) is 6.92 Å². The minimum absolute atomic E-state index is 0.701. The molecule has 0 fully saturated rings. The molecule has 5 nitrogen and oxygen atoms in total. The molecule has 0 spiro atoms. The fourth-order valence-corrected chi connectivity index (χ4v) is 3.32. The number of furan rings is 1. The zero-order chi connectivity index (χ0) is 17.1. The van der Waals surface area contributed by atoms with Crippen LogP contribution >= 0.6 is 11.8 Å². The Hall–Kier alpha value is -2.86. The second-order valence-corrected chi connectivity index (χ2v) is 6.51. The first-order valence-electron chi connectivity index (χ1n) is 7.90. The van der Waals surface area contributed by atoms with E-state index in [2.05, 4.69) is 44.4 Å². The van der Waals surface area contributed by atoms with Crippen molar-refractivity contribution in [1.82, 2.24) is 20.2 Å². The van der Waals surface area contributed by atoms with Crippen molar-refractivity contribution in [2.75, 3.05) is 0 Å². The fraction of sp³-hybridized carbons (Fsp3) is 0.105. The third kappa shape index (κ3) is 3.64. The van der Waals surface area contributed by atoms with Crippen LogP contribution in [0.2, 0.25) is 0 Å². The van der Waals surface area contributed by atoms with E-state index in [1.807, 2.05) is 43.5 Å². The Morgan fingerprint density at radius 2 is 2.04 bits per heavy atom. The van der Waals surface area contributed by atoms with E-state index in [1.165, 1.54) is 5.56 Å². The second-order valence-electron chi connectivity index (χ2n) is 5.57. The van der Waals surface area contributed by atoms with Gasteiger partial charge >= 0.3 is 0 Å². The molecule has 1 aromatic carbocycles. The molecule has 0 saturated heterocycles. The van der Waals surface area contributed by atoms with Gasteiger partial charge in [0.25, 0.3) is 0 Å². The van der Waals surface area contributed by atoms with Gasteiger partial charge in [0.15, 0.2) is 0 Å². The molecule has 124 valence electrons. The van der Waals surface area contributed by atoms with Gasteiger partial charge in [0, 0.05) is 17.3 Å². The van der Waals surface area contributed by atoms with Gasteiger partial charge in [-0.05, 0) is 42.8 Å². The molecule has 0 amide bonds. The average molecular weight is 348 g/mol. The molecular formula is C19H16N4OS. The number of benzene rings is 1. The molecule has 6 heteroatoms. The topological polar surface area (TPSA) is 67.6 Å².